The summed E-state index contributed by atoms with van der Waals surface area (Å²) in [6, 6.07) is 22.1. The average Bonchev–Trinajstić information content (AvgIpc) is 2.80. The summed E-state index contributed by atoms with van der Waals surface area (Å²) in [6.07, 6.45) is 5.31. The molecule has 0 heterocycles. The zero-order chi connectivity index (χ0) is 21.6. The van der Waals surface area contributed by atoms with Gasteiger partial charge in [-0.2, -0.15) is 0 Å². The van der Waals surface area contributed by atoms with Crippen molar-refractivity contribution in [3.8, 4) is 0 Å². The first-order valence-corrected chi connectivity index (χ1v) is 11.1. The molecule has 0 bridgehead atoms. The summed E-state index contributed by atoms with van der Waals surface area (Å²) in [7, 11) is 0. The third-order valence-electron chi connectivity index (χ3n) is 5.02. The Bertz CT molecular complexity index is 1240. The fourth-order valence-corrected chi connectivity index (χ4v) is 4.14. The van der Waals surface area contributed by atoms with Crippen LogP contribution in [0.25, 0.3) is 10.8 Å². The van der Waals surface area contributed by atoms with Crippen LogP contribution < -0.4 is 0 Å². The molecule has 0 radical (unpaired) electrons. The van der Waals surface area contributed by atoms with Gasteiger partial charge < -0.3 is 0 Å². The molecule has 3 aromatic carbocycles. The molecule has 0 unspecified atom stereocenters. The Hall–Kier alpha value is -3.31. The molecular weight excluding hydrogens is 402 g/mol. The van der Waals surface area contributed by atoms with Gasteiger partial charge in [0.25, 0.3) is 0 Å². The van der Waals surface area contributed by atoms with E-state index < -0.39 is 0 Å². The van der Waals surface area contributed by atoms with Crippen LogP contribution in [0.5, 0.6) is 0 Å². The molecule has 0 amide bonds. The van der Waals surface area contributed by atoms with Crippen LogP contribution in [0.15, 0.2) is 87.7 Å². The van der Waals surface area contributed by atoms with Crippen LogP contribution >= 0.6 is 11.8 Å². The van der Waals surface area contributed by atoms with Crippen molar-refractivity contribution in [1.29, 1.82) is 5.41 Å². The molecule has 0 aromatic heterocycles. The van der Waals surface area contributed by atoms with Crippen LogP contribution in [0, 0.1) is 5.41 Å². The number of thioether (sulfide) groups is 1. The number of carbonyl (C=O) groups excluding carboxylic acids is 1. The Morgan fingerprint density at radius 3 is 2.55 bits per heavy atom. The summed E-state index contributed by atoms with van der Waals surface area (Å²) in [6.45, 7) is 2.58. The second-order valence-electron chi connectivity index (χ2n) is 7.27. The van der Waals surface area contributed by atoms with Crippen molar-refractivity contribution in [1.82, 2.24) is 0 Å². The summed E-state index contributed by atoms with van der Waals surface area (Å²) < 4.78 is 0. The van der Waals surface area contributed by atoms with E-state index in [0.717, 1.165) is 41.4 Å². The lowest BCUT2D eigenvalue weighted by atomic mass is 9.94. The van der Waals surface area contributed by atoms with E-state index in [1.165, 1.54) is 10.8 Å². The van der Waals surface area contributed by atoms with Gasteiger partial charge in [-0.05, 0) is 46.7 Å². The predicted molar refractivity (Wildman–Crippen MR) is 132 cm³/mol. The molecule has 3 aromatic rings. The van der Waals surface area contributed by atoms with Crippen LogP contribution in [0.2, 0.25) is 0 Å². The summed E-state index contributed by atoms with van der Waals surface area (Å²) in [5.74, 6) is -0.0827. The number of allylic oxidation sites excluding steroid dienone is 2. The van der Waals surface area contributed by atoms with Crippen molar-refractivity contribution in [2.45, 2.75) is 26.3 Å². The van der Waals surface area contributed by atoms with E-state index in [-0.39, 0.29) is 11.0 Å². The van der Waals surface area contributed by atoms with Crippen LogP contribution in [-0.4, -0.2) is 22.9 Å². The van der Waals surface area contributed by atoms with Gasteiger partial charge in [-0.15, -0.1) is 0 Å². The topological polar surface area (TPSA) is 65.6 Å². The van der Waals surface area contributed by atoms with Crippen molar-refractivity contribution in [3.05, 3.63) is 94.4 Å². The molecule has 0 aliphatic heterocycles. The van der Waals surface area contributed by atoms with Crippen molar-refractivity contribution in [2.75, 3.05) is 0 Å². The lowest BCUT2D eigenvalue weighted by Crippen LogP contribution is -2.17. The van der Waals surface area contributed by atoms with Crippen LogP contribution in [0.3, 0.4) is 0 Å². The van der Waals surface area contributed by atoms with Gasteiger partial charge in [0.2, 0.25) is 5.78 Å². The van der Waals surface area contributed by atoms with Gasteiger partial charge >= 0.3 is 0 Å². The minimum absolute atomic E-state index is 0.0827. The number of benzene rings is 3. The first-order valence-electron chi connectivity index (χ1n) is 10.3. The van der Waals surface area contributed by atoms with Gasteiger partial charge in [0.05, 0.1) is 17.2 Å². The normalized spacial score (nSPS) is 14.8. The number of amidine groups is 1. The number of nitrogens with zero attached hydrogens (tertiary/aromatic N) is 2. The second kappa shape index (κ2) is 9.67. The molecule has 0 saturated heterocycles. The zero-order valence-corrected chi connectivity index (χ0v) is 18.2. The monoisotopic (exact) mass is 425 g/mol. The lowest BCUT2D eigenvalue weighted by molar-refractivity contribution is 0.104. The van der Waals surface area contributed by atoms with E-state index in [0.29, 0.717) is 17.0 Å². The number of ketones is 1. The van der Waals surface area contributed by atoms with Crippen LogP contribution in [0.4, 0.5) is 0 Å². The van der Waals surface area contributed by atoms with Gasteiger partial charge in [-0.3, -0.25) is 15.2 Å². The Balaban J connectivity index is 1.63. The average molecular weight is 426 g/mol. The van der Waals surface area contributed by atoms with E-state index >= 15 is 0 Å². The largest absolute Gasteiger partial charge is 0.288 e. The molecule has 0 saturated carbocycles. The number of rotatable bonds is 5. The Kier molecular flexibility index (Phi) is 6.53. The van der Waals surface area contributed by atoms with Gasteiger partial charge in [0.15, 0.2) is 5.17 Å². The second-order valence-corrected chi connectivity index (χ2v) is 8.30. The van der Waals surface area contributed by atoms with Crippen molar-refractivity contribution < 1.29 is 4.79 Å². The summed E-state index contributed by atoms with van der Waals surface area (Å²) in [5, 5.41) is 10.6. The third kappa shape index (κ3) is 4.89. The number of unbranched alkanes of at least 4 members (excludes halogenated alkanes) is 1. The molecule has 1 N–H and O–H groups in total. The molecule has 5 heteroatoms. The number of hydrogen-bond donors (Lipinski definition) is 1. The van der Waals surface area contributed by atoms with Crippen molar-refractivity contribution >= 4 is 45.4 Å². The highest BCUT2D eigenvalue weighted by molar-refractivity contribution is 8.17. The number of Topliss-reactive ketones (excluding diaryl/α,β-unsaturated/α-hetero) is 1. The fourth-order valence-electron chi connectivity index (χ4n) is 3.43. The molecule has 31 heavy (non-hydrogen) atoms. The Morgan fingerprint density at radius 2 is 1.74 bits per heavy atom. The summed E-state index contributed by atoms with van der Waals surface area (Å²) in [4.78, 5) is 22.4. The van der Waals surface area contributed by atoms with Gasteiger partial charge in [-0.1, -0.05) is 74.0 Å². The fraction of sp³-hybridized carbons (Fsp3) is 0.154. The molecule has 0 fully saturated rings. The number of carbonyl (C=O) groups is 1. The first kappa shape index (κ1) is 20.9. The molecule has 1 aliphatic carbocycles. The molecule has 1 aliphatic rings. The molecule has 4 rings (SSSR count). The van der Waals surface area contributed by atoms with Gasteiger partial charge in [0, 0.05) is 17.3 Å². The zero-order valence-electron chi connectivity index (χ0n) is 17.3. The first-order chi connectivity index (χ1) is 15.2. The highest BCUT2D eigenvalue weighted by Crippen LogP contribution is 2.30. The van der Waals surface area contributed by atoms with Gasteiger partial charge in [-0.25, -0.2) is 4.99 Å². The molecule has 0 atom stereocenters. The Labute approximate surface area is 186 Å². The quantitative estimate of drug-likeness (QED) is 0.377. The number of nitrogens with one attached hydrogen (secondary N) is 1. The molecule has 4 nitrogen and oxygen atoms in total. The molecular formula is C26H23N3OS. The lowest BCUT2D eigenvalue weighted by Gasteiger charge is -2.17. The van der Waals surface area contributed by atoms with Crippen LogP contribution in [-0.2, 0) is 6.54 Å². The van der Waals surface area contributed by atoms with E-state index in [1.807, 2.05) is 36.4 Å². The standard InChI is InChI=1S/C26H23N3OS/c1-2-3-14-28-26(27)31-24-16-23(21-10-6-7-11-22(21)25(24)30)29-17-18-12-13-19-8-4-5-9-20(19)15-18/h4-16,27H,2-3,17H2,1H3. The van der Waals surface area contributed by atoms with Gasteiger partial charge in [0.1, 0.15) is 0 Å². The Morgan fingerprint density at radius 1 is 1.00 bits per heavy atom. The number of fused-ring (bicyclic) bond motifs is 2. The summed E-state index contributed by atoms with van der Waals surface area (Å²) >= 11 is 1.09. The number of aliphatic imine (C=N–C) groups is 2. The van der Waals surface area contributed by atoms with E-state index in [9.17, 15) is 4.79 Å². The van der Waals surface area contributed by atoms with Crippen LogP contribution in [0.1, 0.15) is 41.3 Å². The maximum Gasteiger partial charge on any atom is 0.200 e. The maximum atomic E-state index is 13.0. The SMILES string of the molecule is CCCC=NC(=N)SC1=CC(=NCc2ccc3ccccc3c2)c2ccccc2C1=O. The minimum Gasteiger partial charge on any atom is -0.288 e. The highest BCUT2D eigenvalue weighted by atomic mass is 32.2. The third-order valence-corrected chi connectivity index (χ3v) is 5.84. The van der Waals surface area contributed by atoms with E-state index in [1.54, 1.807) is 12.3 Å². The molecule has 154 valence electrons. The number of hydrogen-bond acceptors (Lipinski definition) is 4. The van der Waals surface area contributed by atoms with Crippen molar-refractivity contribution in [3.63, 3.8) is 0 Å². The summed E-state index contributed by atoms with van der Waals surface area (Å²) in [5.41, 5.74) is 3.32. The molecule has 0 spiro atoms. The minimum atomic E-state index is -0.0827. The highest BCUT2D eigenvalue weighted by Gasteiger charge is 2.25. The van der Waals surface area contributed by atoms with E-state index in [4.69, 9.17) is 10.4 Å². The maximum absolute atomic E-state index is 13.0. The predicted octanol–water partition coefficient (Wildman–Crippen LogP) is 6.45. The van der Waals surface area contributed by atoms with Crippen molar-refractivity contribution in [2.24, 2.45) is 9.98 Å². The van der Waals surface area contributed by atoms with E-state index in [2.05, 4.69) is 42.2 Å². The smallest absolute Gasteiger partial charge is 0.200 e.